The number of oxime groups is 1. The van der Waals surface area contributed by atoms with E-state index in [4.69, 9.17) is 10.9 Å². The Morgan fingerprint density at radius 3 is 2.35 bits per heavy atom. The predicted molar refractivity (Wildman–Crippen MR) is 77.9 cm³/mol. The number of benzene rings is 1. The lowest BCUT2D eigenvalue weighted by atomic mass is 9.94. The normalized spacial score (nSPS) is 17.2. The zero-order valence-corrected chi connectivity index (χ0v) is 11.7. The van der Waals surface area contributed by atoms with E-state index in [9.17, 15) is 4.79 Å². The molecule has 1 aromatic rings. The Kier molecular flexibility index (Phi) is 4.61. The van der Waals surface area contributed by atoms with Crippen molar-refractivity contribution >= 4 is 11.7 Å². The van der Waals surface area contributed by atoms with Crippen LogP contribution in [0.1, 0.15) is 42.1 Å². The van der Waals surface area contributed by atoms with Crippen LogP contribution in [0.2, 0.25) is 0 Å². The van der Waals surface area contributed by atoms with E-state index in [1.165, 1.54) is 6.42 Å². The second-order valence-corrected chi connectivity index (χ2v) is 5.21. The highest BCUT2D eigenvalue weighted by atomic mass is 16.4. The van der Waals surface area contributed by atoms with Gasteiger partial charge < -0.3 is 15.8 Å². The van der Waals surface area contributed by atoms with Crippen LogP contribution in [0.4, 0.5) is 0 Å². The molecule has 1 aliphatic heterocycles. The molecular formula is C15H21N3O2. The molecule has 1 amide bonds. The molecule has 2 rings (SSSR count). The number of likely N-dealkylation sites (tertiary alicyclic amines) is 1. The van der Waals surface area contributed by atoms with Crippen LogP contribution in [0.5, 0.6) is 0 Å². The molecule has 0 aliphatic carbocycles. The zero-order valence-electron chi connectivity index (χ0n) is 11.7. The molecule has 0 bridgehead atoms. The van der Waals surface area contributed by atoms with Gasteiger partial charge in [-0.3, -0.25) is 4.79 Å². The van der Waals surface area contributed by atoms with E-state index in [0.29, 0.717) is 11.1 Å². The summed E-state index contributed by atoms with van der Waals surface area (Å²) in [5, 5.41) is 11.5. The van der Waals surface area contributed by atoms with Gasteiger partial charge in [0.15, 0.2) is 5.84 Å². The molecule has 1 saturated heterocycles. The number of hydrogen-bond donors (Lipinski definition) is 2. The van der Waals surface area contributed by atoms with Gasteiger partial charge in [-0.1, -0.05) is 30.6 Å². The fraction of sp³-hybridized carbons (Fsp3) is 0.467. The lowest BCUT2D eigenvalue weighted by Crippen LogP contribution is -2.38. The second-order valence-electron chi connectivity index (χ2n) is 5.21. The number of nitrogens with two attached hydrogens (primary N) is 1. The second kappa shape index (κ2) is 6.41. The maximum Gasteiger partial charge on any atom is 0.253 e. The van der Waals surface area contributed by atoms with Crippen molar-refractivity contribution in [2.75, 3.05) is 13.1 Å². The van der Waals surface area contributed by atoms with E-state index in [0.717, 1.165) is 31.8 Å². The van der Waals surface area contributed by atoms with Crippen molar-refractivity contribution in [3.05, 3.63) is 35.4 Å². The van der Waals surface area contributed by atoms with Gasteiger partial charge >= 0.3 is 0 Å². The van der Waals surface area contributed by atoms with Crippen LogP contribution < -0.4 is 5.73 Å². The summed E-state index contributed by atoms with van der Waals surface area (Å²) in [5.41, 5.74) is 6.75. The van der Waals surface area contributed by atoms with Gasteiger partial charge in [-0.05, 0) is 30.9 Å². The SMILES string of the molecule is CCC1CCN(C(=O)c2ccc(C(N)=NO)cc2)CC1. The Labute approximate surface area is 119 Å². The first-order valence-electron chi connectivity index (χ1n) is 7.03. The Morgan fingerprint density at radius 1 is 1.30 bits per heavy atom. The number of rotatable bonds is 3. The van der Waals surface area contributed by atoms with Crippen molar-refractivity contribution in [2.45, 2.75) is 26.2 Å². The molecule has 0 unspecified atom stereocenters. The minimum Gasteiger partial charge on any atom is -0.409 e. The highest BCUT2D eigenvalue weighted by molar-refractivity contribution is 5.99. The van der Waals surface area contributed by atoms with Crippen LogP contribution in [-0.2, 0) is 0 Å². The number of piperidine rings is 1. The maximum absolute atomic E-state index is 12.4. The standard InChI is InChI=1S/C15H21N3O2/c1-2-11-7-9-18(10-8-11)15(19)13-5-3-12(4-6-13)14(16)17-20/h3-6,11,20H,2,7-10H2,1H3,(H2,16,17). The van der Waals surface area contributed by atoms with Crippen LogP contribution in [-0.4, -0.2) is 34.9 Å². The first-order valence-corrected chi connectivity index (χ1v) is 7.03. The third-order valence-corrected chi connectivity index (χ3v) is 4.01. The van der Waals surface area contributed by atoms with Crippen molar-refractivity contribution < 1.29 is 10.0 Å². The average Bonchev–Trinajstić information content (AvgIpc) is 2.53. The van der Waals surface area contributed by atoms with E-state index in [1.807, 2.05) is 4.90 Å². The van der Waals surface area contributed by atoms with Crippen LogP contribution in [0.25, 0.3) is 0 Å². The van der Waals surface area contributed by atoms with E-state index >= 15 is 0 Å². The van der Waals surface area contributed by atoms with Crippen molar-refractivity contribution in [2.24, 2.45) is 16.8 Å². The Bertz CT molecular complexity index is 488. The van der Waals surface area contributed by atoms with Crippen molar-refractivity contribution in [3.63, 3.8) is 0 Å². The minimum atomic E-state index is 0.0489. The Hall–Kier alpha value is -2.04. The Balaban J connectivity index is 2.03. The number of amidine groups is 1. The predicted octanol–water partition coefficient (Wildman–Crippen LogP) is 2.04. The van der Waals surface area contributed by atoms with Crippen molar-refractivity contribution in [3.8, 4) is 0 Å². The number of carbonyl (C=O) groups excluding carboxylic acids is 1. The van der Waals surface area contributed by atoms with Gasteiger partial charge in [0.2, 0.25) is 0 Å². The van der Waals surface area contributed by atoms with Crippen molar-refractivity contribution in [1.82, 2.24) is 4.90 Å². The molecule has 5 nitrogen and oxygen atoms in total. The van der Waals surface area contributed by atoms with Gasteiger partial charge in [-0.2, -0.15) is 0 Å². The number of carbonyl (C=O) groups is 1. The van der Waals surface area contributed by atoms with Crippen LogP contribution in [0, 0.1) is 5.92 Å². The molecule has 1 aliphatic rings. The molecule has 0 aromatic heterocycles. The molecule has 1 aromatic carbocycles. The topological polar surface area (TPSA) is 78.9 Å². The van der Waals surface area contributed by atoms with Gasteiger partial charge in [0.25, 0.3) is 5.91 Å². The highest BCUT2D eigenvalue weighted by Crippen LogP contribution is 2.21. The third kappa shape index (κ3) is 3.10. The summed E-state index contributed by atoms with van der Waals surface area (Å²) in [5.74, 6) is 0.861. The van der Waals surface area contributed by atoms with Gasteiger partial charge in [0.05, 0.1) is 0 Å². The fourth-order valence-corrected chi connectivity index (χ4v) is 2.57. The summed E-state index contributed by atoms with van der Waals surface area (Å²) in [7, 11) is 0. The van der Waals surface area contributed by atoms with E-state index in [-0.39, 0.29) is 11.7 Å². The summed E-state index contributed by atoms with van der Waals surface area (Å²) >= 11 is 0. The van der Waals surface area contributed by atoms with Crippen LogP contribution in [0.15, 0.2) is 29.4 Å². The Morgan fingerprint density at radius 2 is 1.85 bits per heavy atom. The summed E-state index contributed by atoms with van der Waals surface area (Å²) in [6.45, 7) is 3.87. The molecule has 0 atom stereocenters. The van der Waals surface area contributed by atoms with E-state index < -0.39 is 0 Å². The molecule has 5 heteroatoms. The van der Waals surface area contributed by atoms with Gasteiger partial charge in [-0.25, -0.2) is 0 Å². The first-order chi connectivity index (χ1) is 9.65. The molecule has 1 fully saturated rings. The lowest BCUT2D eigenvalue weighted by molar-refractivity contribution is 0.0689. The molecule has 0 spiro atoms. The van der Waals surface area contributed by atoms with Crippen LogP contribution >= 0.6 is 0 Å². The highest BCUT2D eigenvalue weighted by Gasteiger charge is 2.22. The molecule has 0 saturated carbocycles. The smallest absolute Gasteiger partial charge is 0.253 e. The van der Waals surface area contributed by atoms with Gasteiger partial charge in [0.1, 0.15) is 0 Å². The summed E-state index contributed by atoms with van der Waals surface area (Å²) in [6.07, 6.45) is 3.37. The van der Waals surface area contributed by atoms with E-state index in [1.54, 1.807) is 24.3 Å². The van der Waals surface area contributed by atoms with Gasteiger partial charge in [-0.15, -0.1) is 0 Å². The maximum atomic E-state index is 12.4. The number of amides is 1. The molecule has 0 radical (unpaired) electrons. The molecule has 20 heavy (non-hydrogen) atoms. The summed E-state index contributed by atoms with van der Waals surface area (Å²) in [4.78, 5) is 14.3. The number of nitrogens with zero attached hydrogens (tertiary/aromatic N) is 2. The first kappa shape index (κ1) is 14.4. The zero-order chi connectivity index (χ0) is 14.5. The molecule has 3 N–H and O–H groups in total. The molecule has 108 valence electrons. The third-order valence-electron chi connectivity index (χ3n) is 4.01. The summed E-state index contributed by atoms with van der Waals surface area (Å²) < 4.78 is 0. The van der Waals surface area contributed by atoms with Crippen molar-refractivity contribution in [1.29, 1.82) is 0 Å². The lowest BCUT2D eigenvalue weighted by Gasteiger charge is -2.31. The van der Waals surface area contributed by atoms with Crippen LogP contribution in [0.3, 0.4) is 0 Å². The minimum absolute atomic E-state index is 0.0489. The fourth-order valence-electron chi connectivity index (χ4n) is 2.57. The number of hydrogen-bond acceptors (Lipinski definition) is 3. The van der Waals surface area contributed by atoms with Gasteiger partial charge in [0, 0.05) is 24.2 Å². The average molecular weight is 275 g/mol. The monoisotopic (exact) mass is 275 g/mol. The summed E-state index contributed by atoms with van der Waals surface area (Å²) in [6, 6.07) is 6.84. The molecule has 1 heterocycles. The largest absolute Gasteiger partial charge is 0.409 e. The quantitative estimate of drug-likeness (QED) is 0.383. The molecular weight excluding hydrogens is 254 g/mol. The van der Waals surface area contributed by atoms with E-state index in [2.05, 4.69) is 12.1 Å².